The van der Waals surface area contributed by atoms with Gasteiger partial charge in [-0.25, -0.2) is 9.31 Å². The maximum absolute atomic E-state index is 12.0. The lowest BCUT2D eigenvalue weighted by molar-refractivity contribution is 0.245. The zero-order valence-electron chi connectivity index (χ0n) is 15.8. The largest absolute Gasteiger partial charge is 0.368 e. The average Bonchev–Trinajstić information content (AvgIpc) is 3.18. The van der Waals surface area contributed by atoms with E-state index in [4.69, 9.17) is 28.9 Å². The van der Waals surface area contributed by atoms with Crippen LogP contribution < -0.4 is 15.5 Å². The molecule has 1 aliphatic rings. The quantitative estimate of drug-likeness (QED) is 0.670. The number of amides is 2. The van der Waals surface area contributed by atoms with Crippen LogP contribution in [0.4, 0.5) is 16.2 Å². The van der Waals surface area contributed by atoms with Crippen LogP contribution in [0.1, 0.15) is 0 Å². The molecule has 3 heterocycles. The Morgan fingerprint density at radius 1 is 1.14 bits per heavy atom. The summed E-state index contributed by atoms with van der Waals surface area (Å²) in [4.78, 5) is 18.2. The van der Waals surface area contributed by atoms with Crippen LogP contribution in [0.2, 0.25) is 10.0 Å². The van der Waals surface area contributed by atoms with E-state index in [9.17, 15) is 4.79 Å². The molecule has 3 aromatic rings. The molecule has 0 unspecified atom stereocenters. The minimum atomic E-state index is -0.460. The monoisotopic (exact) mass is 432 g/mol. The van der Waals surface area contributed by atoms with E-state index in [-0.39, 0.29) is 0 Å². The first kappa shape index (κ1) is 19.8. The topological polar surface area (TPSA) is 70.1 Å². The summed E-state index contributed by atoms with van der Waals surface area (Å²) in [6, 6.07) is 10.9. The molecule has 2 N–H and O–H groups in total. The molecule has 9 heteroatoms. The fraction of sp³-hybridized carbons (Fsp3) is 0.300. The van der Waals surface area contributed by atoms with Gasteiger partial charge in [-0.15, -0.1) is 0 Å². The number of hydrogen-bond acceptors (Lipinski definition) is 4. The molecular weight excluding hydrogens is 411 g/mol. The summed E-state index contributed by atoms with van der Waals surface area (Å²) in [5.74, 6) is 0. The Bertz CT molecular complexity index is 1020. The van der Waals surface area contributed by atoms with Crippen molar-refractivity contribution < 1.29 is 4.79 Å². The molecule has 1 aliphatic heterocycles. The molecule has 0 aliphatic carbocycles. The molecule has 7 nitrogen and oxygen atoms in total. The van der Waals surface area contributed by atoms with Gasteiger partial charge >= 0.3 is 6.03 Å². The zero-order valence-corrected chi connectivity index (χ0v) is 17.4. The van der Waals surface area contributed by atoms with Crippen LogP contribution in [0.5, 0.6) is 0 Å². The number of hydrogen-bond donors (Lipinski definition) is 1. The van der Waals surface area contributed by atoms with Gasteiger partial charge in [0.2, 0.25) is 0 Å². The Morgan fingerprint density at radius 3 is 2.69 bits per heavy atom. The first-order chi connectivity index (χ1) is 14.0. The van der Waals surface area contributed by atoms with Gasteiger partial charge in [0, 0.05) is 57.3 Å². The van der Waals surface area contributed by atoms with E-state index in [1.54, 1.807) is 21.7 Å². The maximum Gasteiger partial charge on any atom is 0.319 e. The predicted octanol–water partition coefficient (Wildman–Crippen LogP) is 3.35. The number of aromatic nitrogens is 2. The highest BCUT2D eigenvalue weighted by Gasteiger charge is 2.21. The molecule has 1 aromatic carbocycles. The van der Waals surface area contributed by atoms with Gasteiger partial charge in [-0.2, -0.15) is 5.10 Å². The number of urea groups is 1. The Balaban J connectivity index is 1.37. The van der Waals surface area contributed by atoms with Crippen molar-refractivity contribution in [3.8, 4) is 0 Å². The highest BCUT2D eigenvalue weighted by molar-refractivity contribution is 6.43. The van der Waals surface area contributed by atoms with Gasteiger partial charge in [-0.05, 0) is 30.3 Å². The molecule has 1 fully saturated rings. The molecule has 0 bridgehead atoms. The van der Waals surface area contributed by atoms with Crippen LogP contribution in [0, 0.1) is 0 Å². The molecule has 0 saturated carbocycles. The normalized spacial score (nSPS) is 15.0. The molecule has 0 spiro atoms. The van der Waals surface area contributed by atoms with Crippen molar-refractivity contribution in [2.24, 2.45) is 5.73 Å². The number of carbonyl (C=O) groups is 1. The highest BCUT2D eigenvalue weighted by Crippen LogP contribution is 2.32. The third kappa shape index (κ3) is 4.27. The summed E-state index contributed by atoms with van der Waals surface area (Å²) >= 11 is 12.5. The van der Waals surface area contributed by atoms with Gasteiger partial charge in [0.05, 0.1) is 21.2 Å². The van der Waals surface area contributed by atoms with Crippen molar-refractivity contribution in [3.05, 3.63) is 58.8 Å². The van der Waals surface area contributed by atoms with E-state index in [1.807, 2.05) is 36.5 Å². The Labute approximate surface area is 179 Å². The summed E-state index contributed by atoms with van der Waals surface area (Å²) < 4.78 is 1.75. The molecule has 4 rings (SSSR count). The number of benzene rings is 1. The minimum absolute atomic E-state index is 0.460. The summed E-state index contributed by atoms with van der Waals surface area (Å²) in [5, 5.41) is 5.34. The number of fused-ring (bicyclic) bond motifs is 1. The van der Waals surface area contributed by atoms with E-state index in [0.29, 0.717) is 16.6 Å². The van der Waals surface area contributed by atoms with Gasteiger partial charge in [0.25, 0.3) is 0 Å². The molecule has 2 aromatic heterocycles. The first-order valence-electron chi connectivity index (χ1n) is 9.44. The number of anilines is 2. The maximum atomic E-state index is 12.0. The number of halogens is 2. The third-order valence-electron chi connectivity index (χ3n) is 5.24. The summed E-state index contributed by atoms with van der Waals surface area (Å²) in [5.41, 5.74) is 8.30. The summed E-state index contributed by atoms with van der Waals surface area (Å²) in [6.45, 7) is 4.70. The van der Waals surface area contributed by atoms with Gasteiger partial charge in [0.15, 0.2) is 0 Å². The Hall–Kier alpha value is -2.48. The van der Waals surface area contributed by atoms with Gasteiger partial charge in [-0.1, -0.05) is 29.3 Å². The fourth-order valence-electron chi connectivity index (χ4n) is 3.63. The molecule has 0 atom stereocenters. The SMILES string of the molecule is NC(=O)N(CCN1CCN(c2cccc(Cl)c2Cl)CC1)c1ccn2nccc2c1. The number of pyridine rings is 1. The van der Waals surface area contributed by atoms with Gasteiger partial charge in [-0.3, -0.25) is 9.80 Å². The van der Waals surface area contributed by atoms with Crippen molar-refractivity contribution in [1.82, 2.24) is 14.5 Å². The average molecular weight is 433 g/mol. The van der Waals surface area contributed by atoms with E-state index >= 15 is 0 Å². The third-order valence-corrected chi connectivity index (χ3v) is 6.05. The van der Waals surface area contributed by atoms with Crippen LogP contribution >= 0.6 is 23.2 Å². The second kappa shape index (κ2) is 8.49. The van der Waals surface area contributed by atoms with Crippen LogP contribution in [-0.2, 0) is 0 Å². The van der Waals surface area contributed by atoms with Crippen molar-refractivity contribution in [2.75, 3.05) is 49.1 Å². The molecular formula is C20H22Cl2N6O. The lowest BCUT2D eigenvalue weighted by atomic mass is 10.2. The second-order valence-electron chi connectivity index (χ2n) is 6.98. The molecule has 0 radical (unpaired) electrons. The lowest BCUT2D eigenvalue weighted by Crippen LogP contribution is -2.49. The highest BCUT2D eigenvalue weighted by atomic mass is 35.5. The fourth-order valence-corrected chi connectivity index (χ4v) is 4.05. The Morgan fingerprint density at radius 2 is 1.93 bits per heavy atom. The number of nitrogens with two attached hydrogens (primary N) is 1. The molecule has 2 amide bonds. The van der Waals surface area contributed by atoms with E-state index in [1.165, 1.54) is 0 Å². The molecule has 152 valence electrons. The predicted molar refractivity (Wildman–Crippen MR) is 117 cm³/mol. The van der Waals surface area contributed by atoms with Crippen molar-refractivity contribution in [3.63, 3.8) is 0 Å². The Kier molecular flexibility index (Phi) is 5.80. The van der Waals surface area contributed by atoms with E-state index in [0.717, 1.165) is 49.6 Å². The number of piperazine rings is 1. The van der Waals surface area contributed by atoms with Crippen molar-refractivity contribution >= 4 is 46.1 Å². The first-order valence-corrected chi connectivity index (χ1v) is 10.2. The van der Waals surface area contributed by atoms with Crippen molar-refractivity contribution in [1.29, 1.82) is 0 Å². The van der Waals surface area contributed by atoms with Crippen LogP contribution in [0.15, 0.2) is 48.8 Å². The number of carbonyl (C=O) groups excluding carboxylic acids is 1. The number of primary amides is 1. The van der Waals surface area contributed by atoms with Crippen LogP contribution in [-0.4, -0.2) is 59.8 Å². The lowest BCUT2D eigenvalue weighted by Gasteiger charge is -2.37. The summed E-state index contributed by atoms with van der Waals surface area (Å²) in [7, 11) is 0. The summed E-state index contributed by atoms with van der Waals surface area (Å²) in [6.07, 6.45) is 3.55. The second-order valence-corrected chi connectivity index (χ2v) is 7.76. The van der Waals surface area contributed by atoms with E-state index in [2.05, 4.69) is 14.9 Å². The van der Waals surface area contributed by atoms with Gasteiger partial charge in [0.1, 0.15) is 0 Å². The van der Waals surface area contributed by atoms with Crippen LogP contribution in [0.3, 0.4) is 0 Å². The smallest absolute Gasteiger partial charge is 0.319 e. The minimum Gasteiger partial charge on any atom is -0.368 e. The van der Waals surface area contributed by atoms with E-state index < -0.39 is 6.03 Å². The van der Waals surface area contributed by atoms with Crippen LogP contribution in [0.25, 0.3) is 5.52 Å². The molecule has 1 saturated heterocycles. The standard InChI is InChI=1S/C20H22Cl2N6O/c21-17-2-1-3-18(19(17)22)26-11-8-25(9-12-26)10-13-27(20(23)29)15-5-7-28-16(14-15)4-6-24-28/h1-7,14H,8-13H2,(H2,23,29). The zero-order chi connectivity index (χ0) is 20.4. The molecule has 29 heavy (non-hydrogen) atoms. The van der Waals surface area contributed by atoms with Gasteiger partial charge < -0.3 is 10.6 Å². The number of nitrogens with zero attached hydrogens (tertiary/aromatic N) is 5. The van der Waals surface area contributed by atoms with Crippen molar-refractivity contribution in [2.45, 2.75) is 0 Å². The number of rotatable bonds is 5.